The average molecular weight is 360 g/mol. The van der Waals surface area contributed by atoms with Gasteiger partial charge in [0.05, 0.1) is 0 Å². The normalized spacial score (nSPS) is 10.3. The highest BCUT2D eigenvalue weighted by molar-refractivity contribution is 6.03. The van der Waals surface area contributed by atoms with Crippen molar-refractivity contribution < 1.29 is 9.59 Å². The molecular formula is C21H20N4O2. The van der Waals surface area contributed by atoms with Gasteiger partial charge in [0.25, 0.3) is 5.91 Å². The van der Waals surface area contributed by atoms with Crippen LogP contribution in [0, 0.1) is 0 Å². The van der Waals surface area contributed by atoms with Gasteiger partial charge in [-0.15, -0.1) is 0 Å². The van der Waals surface area contributed by atoms with Gasteiger partial charge in [0, 0.05) is 24.0 Å². The molecule has 0 saturated heterocycles. The molecule has 2 N–H and O–H groups in total. The summed E-state index contributed by atoms with van der Waals surface area (Å²) < 4.78 is 0. The van der Waals surface area contributed by atoms with Crippen LogP contribution in [0.25, 0.3) is 0 Å². The van der Waals surface area contributed by atoms with Crippen LogP contribution in [0.5, 0.6) is 0 Å². The third-order valence-corrected chi connectivity index (χ3v) is 3.98. The second-order valence-corrected chi connectivity index (χ2v) is 6.02. The molecule has 1 amide bonds. The Balaban J connectivity index is 1.58. The lowest BCUT2D eigenvalue weighted by molar-refractivity contribution is 0.101. The molecule has 0 aliphatic heterocycles. The van der Waals surface area contributed by atoms with Crippen molar-refractivity contribution >= 4 is 23.3 Å². The number of hydrogen-bond donors (Lipinski definition) is 2. The molecule has 0 atom stereocenters. The van der Waals surface area contributed by atoms with Crippen molar-refractivity contribution in [2.45, 2.75) is 13.3 Å². The number of ketones is 1. The van der Waals surface area contributed by atoms with E-state index in [2.05, 4.69) is 32.7 Å². The molecule has 3 aromatic rings. The van der Waals surface area contributed by atoms with Crippen LogP contribution < -0.4 is 10.6 Å². The second kappa shape index (κ2) is 8.71. The Morgan fingerprint density at radius 2 is 1.70 bits per heavy atom. The lowest BCUT2D eigenvalue weighted by Gasteiger charge is -2.08. The molecule has 6 heteroatoms. The number of benzene rings is 2. The molecule has 136 valence electrons. The Kier molecular flexibility index (Phi) is 5.89. The first-order valence-electron chi connectivity index (χ1n) is 8.65. The third kappa shape index (κ3) is 5.22. The van der Waals surface area contributed by atoms with Gasteiger partial charge in [-0.25, -0.2) is 9.97 Å². The average Bonchev–Trinajstić information content (AvgIpc) is 2.69. The topological polar surface area (TPSA) is 84.0 Å². The fourth-order valence-corrected chi connectivity index (χ4v) is 2.52. The summed E-state index contributed by atoms with van der Waals surface area (Å²) in [6.45, 7) is 2.17. The minimum Gasteiger partial charge on any atom is -0.354 e. The number of nitrogens with zero attached hydrogens (tertiary/aromatic N) is 2. The Morgan fingerprint density at radius 3 is 2.41 bits per heavy atom. The molecule has 0 saturated carbocycles. The van der Waals surface area contributed by atoms with E-state index in [0.717, 1.165) is 6.42 Å². The Morgan fingerprint density at radius 1 is 0.963 bits per heavy atom. The minimum absolute atomic E-state index is 0.0186. The zero-order chi connectivity index (χ0) is 19.1. The number of anilines is 2. The van der Waals surface area contributed by atoms with Crippen molar-refractivity contribution in [3.63, 3.8) is 0 Å². The number of aromatic nitrogens is 2. The number of nitrogens with one attached hydrogen (secondary N) is 2. The van der Waals surface area contributed by atoms with Gasteiger partial charge in [-0.3, -0.25) is 9.59 Å². The number of rotatable bonds is 7. The monoisotopic (exact) mass is 360 g/mol. The van der Waals surface area contributed by atoms with Crippen LogP contribution in [0.1, 0.15) is 33.3 Å². The van der Waals surface area contributed by atoms with E-state index < -0.39 is 0 Å². The van der Waals surface area contributed by atoms with E-state index in [0.29, 0.717) is 23.7 Å². The van der Waals surface area contributed by atoms with E-state index in [9.17, 15) is 9.59 Å². The lowest BCUT2D eigenvalue weighted by Crippen LogP contribution is -2.16. The highest BCUT2D eigenvalue weighted by Crippen LogP contribution is 2.12. The molecular weight excluding hydrogens is 340 g/mol. The quantitative estimate of drug-likeness (QED) is 0.629. The van der Waals surface area contributed by atoms with Crippen LogP contribution in [-0.4, -0.2) is 28.2 Å². The summed E-state index contributed by atoms with van der Waals surface area (Å²) >= 11 is 0. The van der Waals surface area contributed by atoms with Gasteiger partial charge in [0.1, 0.15) is 5.69 Å². The summed E-state index contributed by atoms with van der Waals surface area (Å²) in [6, 6.07) is 18.4. The molecule has 1 heterocycles. The number of carbonyl (C=O) groups is 2. The van der Waals surface area contributed by atoms with Crippen molar-refractivity contribution in [2.75, 3.05) is 17.2 Å². The van der Waals surface area contributed by atoms with Crippen molar-refractivity contribution in [3.05, 3.63) is 83.7 Å². The van der Waals surface area contributed by atoms with Gasteiger partial charge in [-0.1, -0.05) is 30.3 Å². The highest BCUT2D eigenvalue weighted by Gasteiger charge is 2.09. The molecule has 3 rings (SSSR count). The van der Waals surface area contributed by atoms with Crippen molar-refractivity contribution in [2.24, 2.45) is 0 Å². The fraction of sp³-hybridized carbons (Fsp3) is 0.143. The van der Waals surface area contributed by atoms with Crippen LogP contribution in [0.15, 0.2) is 66.9 Å². The first kappa shape index (κ1) is 18.3. The van der Waals surface area contributed by atoms with Crippen molar-refractivity contribution in [1.82, 2.24) is 9.97 Å². The summed E-state index contributed by atoms with van der Waals surface area (Å²) in [4.78, 5) is 32.1. The van der Waals surface area contributed by atoms with E-state index in [1.54, 1.807) is 36.5 Å². The number of Topliss-reactive ketones (excluding diaryl/α,β-unsaturated/α-hetero) is 1. The zero-order valence-electron chi connectivity index (χ0n) is 15.0. The minimum atomic E-state index is -0.334. The smallest absolute Gasteiger partial charge is 0.274 e. The second-order valence-electron chi connectivity index (χ2n) is 6.02. The van der Waals surface area contributed by atoms with Crippen LogP contribution in [-0.2, 0) is 6.42 Å². The standard InChI is InChI=1S/C21H20N4O2/c1-15(26)17-7-9-18(10-8-17)24-20(27)19-12-14-23-21(25-19)22-13-11-16-5-3-2-4-6-16/h2-10,12,14H,11,13H2,1H3,(H,24,27)(H,22,23,25). The molecule has 0 unspecified atom stereocenters. The summed E-state index contributed by atoms with van der Waals surface area (Å²) in [7, 11) is 0. The predicted octanol–water partition coefficient (Wildman–Crippen LogP) is 3.59. The third-order valence-electron chi connectivity index (χ3n) is 3.98. The maximum absolute atomic E-state index is 12.4. The molecule has 2 aromatic carbocycles. The van der Waals surface area contributed by atoms with Gasteiger partial charge in [0.15, 0.2) is 5.78 Å². The molecule has 0 fully saturated rings. The zero-order valence-corrected chi connectivity index (χ0v) is 15.0. The summed E-state index contributed by atoms with van der Waals surface area (Å²) in [5.74, 6) is 0.0551. The van der Waals surface area contributed by atoms with Crippen LogP contribution in [0.3, 0.4) is 0 Å². The van der Waals surface area contributed by atoms with E-state index in [-0.39, 0.29) is 17.4 Å². The van der Waals surface area contributed by atoms with Gasteiger partial charge >= 0.3 is 0 Å². The molecule has 0 spiro atoms. The predicted molar refractivity (Wildman–Crippen MR) is 105 cm³/mol. The molecule has 6 nitrogen and oxygen atoms in total. The van der Waals surface area contributed by atoms with Crippen LogP contribution >= 0.6 is 0 Å². The molecule has 27 heavy (non-hydrogen) atoms. The van der Waals surface area contributed by atoms with E-state index in [1.807, 2.05) is 18.2 Å². The Hall–Kier alpha value is -3.54. The number of carbonyl (C=O) groups excluding carboxylic acids is 2. The number of amides is 1. The molecule has 0 aliphatic carbocycles. The van der Waals surface area contributed by atoms with E-state index >= 15 is 0 Å². The van der Waals surface area contributed by atoms with Gasteiger partial charge < -0.3 is 10.6 Å². The van der Waals surface area contributed by atoms with Gasteiger partial charge in [-0.2, -0.15) is 0 Å². The van der Waals surface area contributed by atoms with Gasteiger partial charge in [-0.05, 0) is 49.2 Å². The van der Waals surface area contributed by atoms with E-state index in [4.69, 9.17) is 0 Å². The Labute approximate surface area is 157 Å². The molecule has 0 radical (unpaired) electrons. The van der Waals surface area contributed by atoms with Gasteiger partial charge in [0.2, 0.25) is 5.95 Å². The molecule has 0 aliphatic rings. The lowest BCUT2D eigenvalue weighted by atomic mass is 10.1. The first-order valence-corrected chi connectivity index (χ1v) is 8.65. The molecule has 0 bridgehead atoms. The Bertz CT molecular complexity index is 924. The highest BCUT2D eigenvalue weighted by atomic mass is 16.2. The number of hydrogen-bond acceptors (Lipinski definition) is 5. The van der Waals surface area contributed by atoms with Crippen LogP contribution in [0.4, 0.5) is 11.6 Å². The fourth-order valence-electron chi connectivity index (χ4n) is 2.52. The first-order chi connectivity index (χ1) is 13.1. The van der Waals surface area contributed by atoms with Crippen molar-refractivity contribution in [1.29, 1.82) is 0 Å². The maximum Gasteiger partial charge on any atom is 0.274 e. The van der Waals surface area contributed by atoms with Crippen LogP contribution in [0.2, 0.25) is 0 Å². The largest absolute Gasteiger partial charge is 0.354 e. The summed E-state index contributed by atoms with van der Waals surface area (Å²) in [6.07, 6.45) is 2.38. The summed E-state index contributed by atoms with van der Waals surface area (Å²) in [5.41, 5.74) is 2.68. The van der Waals surface area contributed by atoms with E-state index in [1.165, 1.54) is 12.5 Å². The van der Waals surface area contributed by atoms with Crippen molar-refractivity contribution in [3.8, 4) is 0 Å². The molecule has 1 aromatic heterocycles. The SMILES string of the molecule is CC(=O)c1ccc(NC(=O)c2ccnc(NCCc3ccccc3)n2)cc1. The maximum atomic E-state index is 12.4. The summed E-state index contributed by atoms with van der Waals surface area (Å²) in [5, 5.41) is 5.90.